The van der Waals surface area contributed by atoms with Crippen molar-refractivity contribution in [3.05, 3.63) is 17.2 Å². The third-order valence-corrected chi connectivity index (χ3v) is 1.93. The van der Waals surface area contributed by atoms with Gasteiger partial charge in [-0.05, 0) is 19.8 Å². The number of hydrogen-bond donors (Lipinski definition) is 1. The minimum absolute atomic E-state index is 0.143. The zero-order valence-electron chi connectivity index (χ0n) is 8.64. The highest BCUT2D eigenvalue weighted by Gasteiger charge is 2.10. The number of aryl methyl sites for hydroxylation is 1. The predicted molar refractivity (Wildman–Crippen MR) is 51.8 cm³/mol. The third kappa shape index (κ3) is 2.41. The van der Waals surface area contributed by atoms with Gasteiger partial charge in [-0.1, -0.05) is 13.8 Å². The van der Waals surface area contributed by atoms with Gasteiger partial charge in [0.15, 0.2) is 0 Å². The van der Waals surface area contributed by atoms with E-state index in [-0.39, 0.29) is 5.78 Å². The van der Waals surface area contributed by atoms with E-state index in [1.807, 2.05) is 6.92 Å². The van der Waals surface area contributed by atoms with Crippen LogP contribution in [0, 0.1) is 6.92 Å². The molecule has 0 aliphatic carbocycles. The molecule has 72 valence electrons. The lowest BCUT2D eigenvalue weighted by molar-refractivity contribution is -0.116. The Kier molecular flexibility index (Phi) is 2.86. The molecule has 1 aromatic rings. The largest absolute Gasteiger partial charge is 0.345 e. The van der Waals surface area contributed by atoms with E-state index in [1.165, 1.54) is 0 Å². The fraction of sp³-hybridized carbons (Fsp3) is 0.600. The monoisotopic (exact) mass is 180 g/mol. The van der Waals surface area contributed by atoms with E-state index in [9.17, 15) is 4.79 Å². The SMILES string of the molecule is CC(=O)Cc1nc(C(C)C)c(C)[nH]1. The average molecular weight is 180 g/mol. The van der Waals surface area contributed by atoms with Gasteiger partial charge in [-0.3, -0.25) is 4.79 Å². The Balaban J connectivity index is 2.88. The molecule has 1 N–H and O–H groups in total. The molecule has 3 nitrogen and oxygen atoms in total. The second-order valence-corrected chi connectivity index (χ2v) is 3.73. The number of carbonyl (C=O) groups is 1. The summed E-state index contributed by atoms with van der Waals surface area (Å²) in [5, 5.41) is 0. The molecule has 0 saturated carbocycles. The van der Waals surface area contributed by atoms with E-state index < -0.39 is 0 Å². The maximum absolute atomic E-state index is 10.8. The minimum Gasteiger partial charge on any atom is -0.345 e. The molecule has 0 fully saturated rings. The van der Waals surface area contributed by atoms with E-state index in [0.29, 0.717) is 12.3 Å². The second-order valence-electron chi connectivity index (χ2n) is 3.73. The lowest BCUT2D eigenvalue weighted by Gasteiger charge is -1.99. The molecule has 0 atom stereocenters. The summed E-state index contributed by atoms with van der Waals surface area (Å²) in [7, 11) is 0. The van der Waals surface area contributed by atoms with Crippen LogP contribution in [-0.2, 0) is 11.2 Å². The van der Waals surface area contributed by atoms with E-state index >= 15 is 0 Å². The van der Waals surface area contributed by atoms with Crippen LogP contribution in [0.15, 0.2) is 0 Å². The van der Waals surface area contributed by atoms with Gasteiger partial charge in [-0.25, -0.2) is 4.98 Å². The van der Waals surface area contributed by atoms with Crippen molar-refractivity contribution in [2.45, 2.75) is 40.0 Å². The summed E-state index contributed by atoms with van der Waals surface area (Å²) in [5.74, 6) is 1.34. The first-order chi connectivity index (χ1) is 6.00. The standard InChI is InChI=1S/C10H16N2O/c1-6(2)10-8(4)11-9(12-10)5-7(3)13/h6H,5H2,1-4H3,(H,11,12). The van der Waals surface area contributed by atoms with Crippen molar-refractivity contribution >= 4 is 5.78 Å². The van der Waals surface area contributed by atoms with Gasteiger partial charge in [-0.2, -0.15) is 0 Å². The zero-order valence-corrected chi connectivity index (χ0v) is 8.64. The van der Waals surface area contributed by atoms with Crippen molar-refractivity contribution in [2.24, 2.45) is 0 Å². The van der Waals surface area contributed by atoms with Crippen LogP contribution < -0.4 is 0 Å². The molecule has 0 spiro atoms. The first-order valence-electron chi connectivity index (χ1n) is 4.55. The van der Waals surface area contributed by atoms with Crippen molar-refractivity contribution < 1.29 is 4.79 Å². The van der Waals surface area contributed by atoms with Gasteiger partial charge in [0.25, 0.3) is 0 Å². The van der Waals surface area contributed by atoms with Crippen molar-refractivity contribution in [1.29, 1.82) is 0 Å². The quantitative estimate of drug-likeness (QED) is 0.773. The molecule has 0 unspecified atom stereocenters. The van der Waals surface area contributed by atoms with Gasteiger partial charge >= 0.3 is 0 Å². The first kappa shape index (κ1) is 9.96. The maximum atomic E-state index is 10.8. The summed E-state index contributed by atoms with van der Waals surface area (Å²) >= 11 is 0. The molecule has 0 radical (unpaired) electrons. The number of imidazole rings is 1. The van der Waals surface area contributed by atoms with Gasteiger partial charge < -0.3 is 4.98 Å². The van der Waals surface area contributed by atoms with E-state index in [0.717, 1.165) is 17.2 Å². The molecular weight excluding hydrogens is 164 g/mol. The number of aromatic nitrogens is 2. The Morgan fingerprint density at radius 2 is 2.15 bits per heavy atom. The zero-order chi connectivity index (χ0) is 10.0. The fourth-order valence-corrected chi connectivity index (χ4v) is 1.42. The number of hydrogen-bond acceptors (Lipinski definition) is 2. The van der Waals surface area contributed by atoms with Crippen molar-refractivity contribution in [3.63, 3.8) is 0 Å². The molecule has 0 aliphatic heterocycles. The number of rotatable bonds is 3. The Hall–Kier alpha value is -1.12. The average Bonchev–Trinajstić information content (AvgIpc) is 2.29. The van der Waals surface area contributed by atoms with Crippen molar-refractivity contribution in [2.75, 3.05) is 0 Å². The predicted octanol–water partition coefficient (Wildman–Crippen LogP) is 1.97. The lowest BCUT2D eigenvalue weighted by atomic mass is 10.1. The highest BCUT2D eigenvalue weighted by Crippen LogP contribution is 2.16. The Morgan fingerprint density at radius 3 is 2.54 bits per heavy atom. The van der Waals surface area contributed by atoms with Crippen LogP contribution in [0.2, 0.25) is 0 Å². The van der Waals surface area contributed by atoms with E-state index in [4.69, 9.17) is 0 Å². The first-order valence-corrected chi connectivity index (χ1v) is 4.55. The number of carbonyl (C=O) groups excluding carboxylic acids is 1. The molecule has 0 saturated heterocycles. The second kappa shape index (κ2) is 3.73. The fourth-order valence-electron chi connectivity index (χ4n) is 1.42. The summed E-state index contributed by atoms with van der Waals surface area (Å²) in [6.45, 7) is 7.76. The minimum atomic E-state index is 0.143. The summed E-state index contributed by atoms with van der Waals surface area (Å²) in [6.07, 6.45) is 0.410. The number of aromatic amines is 1. The molecule has 0 aliphatic rings. The van der Waals surface area contributed by atoms with Gasteiger partial charge in [0, 0.05) is 5.69 Å². The van der Waals surface area contributed by atoms with Gasteiger partial charge in [-0.15, -0.1) is 0 Å². The van der Waals surface area contributed by atoms with Crippen LogP contribution in [0.5, 0.6) is 0 Å². The van der Waals surface area contributed by atoms with Crippen LogP contribution in [0.3, 0.4) is 0 Å². The van der Waals surface area contributed by atoms with E-state index in [2.05, 4.69) is 23.8 Å². The summed E-state index contributed by atoms with van der Waals surface area (Å²) in [4.78, 5) is 18.3. The maximum Gasteiger partial charge on any atom is 0.137 e. The molecule has 1 heterocycles. The Bertz CT molecular complexity index is 313. The number of ketones is 1. The number of nitrogens with one attached hydrogen (secondary N) is 1. The van der Waals surface area contributed by atoms with Gasteiger partial charge in [0.2, 0.25) is 0 Å². The smallest absolute Gasteiger partial charge is 0.137 e. The topological polar surface area (TPSA) is 45.8 Å². The molecule has 3 heteroatoms. The molecule has 0 bridgehead atoms. The third-order valence-electron chi connectivity index (χ3n) is 1.93. The highest BCUT2D eigenvalue weighted by molar-refractivity contribution is 5.77. The molecule has 0 aromatic carbocycles. The summed E-state index contributed by atoms with van der Waals surface area (Å²) < 4.78 is 0. The van der Waals surface area contributed by atoms with Crippen LogP contribution in [0.4, 0.5) is 0 Å². The lowest BCUT2D eigenvalue weighted by Crippen LogP contribution is -1.98. The number of nitrogens with zero attached hydrogens (tertiary/aromatic N) is 1. The Labute approximate surface area is 78.6 Å². The van der Waals surface area contributed by atoms with Crippen LogP contribution >= 0.6 is 0 Å². The van der Waals surface area contributed by atoms with Crippen molar-refractivity contribution in [3.8, 4) is 0 Å². The summed E-state index contributed by atoms with van der Waals surface area (Å²) in [5.41, 5.74) is 2.14. The van der Waals surface area contributed by atoms with Crippen LogP contribution in [0.1, 0.15) is 43.9 Å². The number of H-pyrrole nitrogens is 1. The molecule has 0 amide bonds. The molecular formula is C10H16N2O. The number of Topliss-reactive ketones (excluding diaryl/α,β-unsaturated/α-hetero) is 1. The Morgan fingerprint density at radius 1 is 1.54 bits per heavy atom. The highest BCUT2D eigenvalue weighted by atomic mass is 16.1. The molecule has 1 rings (SSSR count). The van der Waals surface area contributed by atoms with Gasteiger partial charge in [0.05, 0.1) is 12.1 Å². The molecule has 1 aromatic heterocycles. The van der Waals surface area contributed by atoms with Crippen LogP contribution in [-0.4, -0.2) is 15.8 Å². The van der Waals surface area contributed by atoms with Gasteiger partial charge in [0.1, 0.15) is 11.6 Å². The molecule has 13 heavy (non-hydrogen) atoms. The van der Waals surface area contributed by atoms with Crippen LogP contribution in [0.25, 0.3) is 0 Å². The van der Waals surface area contributed by atoms with E-state index in [1.54, 1.807) is 6.92 Å². The van der Waals surface area contributed by atoms with Crippen molar-refractivity contribution in [1.82, 2.24) is 9.97 Å². The summed E-state index contributed by atoms with van der Waals surface area (Å²) in [6, 6.07) is 0. The normalized spacial score (nSPS) is 10.8.